The van der Waals surface area contributed by atoms with Crippen molar-refractivity contribution in [3.63, 3.8) is 0 Å². The molecule has 6 aromatic rings. The maximum atomic E-state index is 12.6. The molecule has 0 amide bonds. The van der Waals surface area contributed by atoms with E-state index in [0.29, 0.717) is 0 Å². The Labute approximate surface area is 187 Å². The highest BCUT2D eigenvalue weighted by Crippen LogP contribution is 2.40. The van der Waals surface area contributed by atoms with Gasteiger partial charge >= 0.3 is 0 Å². The molecule has 0 N–H and O–H groups in total. The second-order valence-corrected chi connectivity index (χ2v) is 8.62. The molecule has 0 atom stereocenters. The third-order valence-electron chi connectivity index (χ3n) is 6.33. The lowest BCUT2D eigenvalue weighted by atomic mass is 9.89. The lowest BCUT2D eigenvalue weighted by Crippen LogP contribution is -2.03. The second-order valence-electron chi connectivity index (χ2n) is 7.99. The standard InChI is InChI=1S/C29H19O2P/c1-31-22-14-11-18(12-15-22)23-7-2-3-8-24(23)26-17-21-10-9-19-5-4-6-20-13-16-25(29(26)32-30)28(21)27(19)20/h2-17H,1H3. The topological polar surface area (TPSA) is 26.3 Å². The molecule has 32 heavy (non-hydrogen) atoms. The first-order chi connectivity index (χ1) is 15.8. The zero-order valence-corrected chi connectivity index (χ0v) is 18.4. The summed E-state index contributed by atoms with van der Waals surface area (Å²) in [5.41, 5.74) is 4.27. The van der Waals surface area contributed by atoms with E-state index in [2.05, 4.69) is 72.8 Å². The van der Waals surface area contributed by atoms with E-state index < -0.39 is 0 Å². The summed E-state index contributed by atoms with van der Waals surface area (Å²) in [6.07, 6.45) is 0. The minimum atomic E-state index is 0.0186. The molecule has 0 saturated heterocycles. The van der Waals surface area contributed by atoms with Crippen LogP contribution in [-0.4, -0.2) is 7.11 Å². The van der Waals surface area contributed by atoms with Gasteiger partial charge in [0.1, 0.15) is 5.75 Å². The molecule has 0 bridgehead atoms. The van der Waals surface area contributed by atoms with Gasteiger partial charge in [0.15, 0.2) is 8.46 Å². The van der Waals surface area contributed by atoms with Crippen LogP contribution >= 0.6 is 8.46 Å². The number of hydrogen-bond donors (Lipinski definition) is 0. The van der Waals surface area contributed by atoms with Crippen LogP contribution in [0.2, 0.25) is 0 Å². The number of benzene rings is 6. The Morgan fingerprint density at radius 1 is 0.625 bits per heavy atom. The first kappa shape index (κ1) is 19.0. The van der Waals surface area contributed by atoms with E-state index >= 15 is 0 Å². The molecule has 0 spiro atoms. The zero-order chi connectivity index (χ0) is 21.7. The lowest BCUT2D eigenvalue weighted by molar-refractivity contribution is 0.415. The van der Waals surface area contributed by atoms with Gasteiger partial charge in [-0.3, -0.25) is 4.57 Å². The molecule has 0 aliphatic rings. The fraction of sp³-hybridized carbons (Fsp3) is 0.0345. The highest BCUT2D eigenvalue weighted by molar-refractivity contribution is 7.35. The molecule has 0 heterocycles. The molecule has 0 unspecified atom stereocenters. The highest BCUT2D eigenvalue weighted by Gasteiger charge is 2.18. The minimum absolute atomic E-state index is 0.0186. The monoisotopic (exact) mass is 430 g/mol. The fourth-order valence-corrected chi connectivity index (χ4v) is 5.41. The smallest absolute Gasteiger partial charge is 0.193 e. The maximum Gasteiger partial charge on any atom is 0.193 e. The third-order valence-corrected chi connectivity index (χ3v) is 6.99. The normalized spacial score (nSPS) is 11.7. The van der Waals surface area contributed by atoms with Gasteiger partial charge in [0.25, 0.3) is 0 Å². The molecule has 152 valence electrons. The van der Waals surface area contributed by atoms with Gasteiger partial charge in [-0.25, -0.2) is 0 Å². The Bertz CT molecular complexity index is 1600. The number of rotatable bonds is 4. The molecule has 0 aromatic heterocycles. The molecule has 2 nitrogen and oxygen atoms in total. The summed E-state index contributed by atoms with van der Waals surface area (Å²) in [6, 6.07) is 33.6. The van der Waals surface area contributed by atoms with Crippen molar-refractivity contribution in [3.8, 4) is 28.0 Å². The van der Waals surface area contributed by atoms with Crippen LogP contribution < -0.4 is 10.0 Å². The van der Waals surface area contributed by atoms with Gasteiger partial charge in [0.2, 0.25) is 0 Å². The van der Waals surface area contributed by atoms with Gasteiger partial charge < -0.3 is 4.74 Å². The average molecular weight is 430 g/mol. The summed E-state index contributed by atoms with van der Waals surface area (Å²) in [5.74, 6) is 0.827. The summed E-state index contributed by atoms with van der Waals surface area (Å²) in [6.45, 7) is 0. The molecule has 0 aliphatic carbocycles. The first-order valence-electron chi connectivity index (χ1n) is 10.6. The summed E-state index contributed by atoms with van der Waals surface area (Å²) >= 11 is 0. The van der Waals surface area contributed by atoms with Crippen molar-refractivity contribution >= 4 is 46.1 Å². The van der Waals surface area contributed by atoms with Crippen LogP contribution in [0.3, 0.4) is 0 Å². The largest absolute Gasteiger partial charge is 0.497 e. The van der Waals surface area contributed by atoms with Gasteiger partial charge in [0, 0.05) is 0 Å². The fourth-order valence-electron chi connectivity index (χ4n) is 4.84. The van der Waals surface area contributed by atoms with Crippen molar-refractivity contribution in [1.29, 1.82) is 0 Å². The summed E-state index contributed by atoms with van der Waals surface area (Å²) in [4.78, 5) is 0. The average Bonchev–Trinajstić information content (AvgIpc) is 2.87. The van der Waals surface area contributed by atoms with Crippen molar-refractivity contribution < 1.29 is 9.30 Å². The van der Waals surface area contributed by atoms with Crippen molar-refractivity contribution in [2.75, 3.05) is 7.11 Å². The minimum Gasteiger partial charge on any atom is -0.497 e. The van der Waals surface area contributed by atoms with Crippen molar-refractivity contribution in [1.82, 2.24) is 0 Å². The van der Waals surface area contributed by atoms with E-state index in [0.717, 1.165) is 44.1 Å². The highest BCUT2D eigenvalue weighted by atomic mass is 31.1. The molecule has 0 saturated carbocycles. The summed E-state index contributed by atoms with van der Waals surface area (Å²) in [7, 11) is 1.69. The van der Waals surface area contributed by atoms with E-state index in [1.54, 1.807) is 7.11 Å². The lowest BCUT2D eigenvalue weighted by Gasteiger charge is -2.17. The van der Waals surface area contributed by atoms with Crippen LogP contribution in [0.1, 0.15) is 0 Å². The number of methoxy groups -OCH3 is 1. The predicted molar refractivity (Wildman–Crippen MR) is 135 cm³/mol. The van der Waals surface area contributed by atoms with Crippen LogP contribution in [0.25, 0.3) is 54.6 Å². The van der Waals surface area contributed by atoms with Gasteiger partial charge in [-0.2, -0.15) is 0 Å². The quantitative estimate of drug-likeness (QED) is 0.210. The Balaban J connectivity index is 1.68. The molecule has 0 aliphatic heterocycles. The number of hydrogen-bond acceptors (Lipinski definition) is 2. The third kappa shape index (κ3) is 2.81. The van der Waals surface area contributed by atoms with Gasteiger partial charge in [0.05, 0.1) is 12.4 Å². The Kier molecular flexibility index (Phi) is 4.41. The summed E-state index contributed by atoms with van der Waals surface area (Å²) in [5, 5.41) is 7.88. The second kappa shape index (κ2) is 7.44. The number of ether oxygens (including phenoxy) is 1. The van der Waals surface area contributed by atoms with E-state index in [1.165, 1.54) is 21.5 Å². The Hall–Kier alpha value is -3.74. The molecule has 3 heteroatoms. The van der Waals surface area contributed by atoms with Gasteiger partial charge in [-0.05, 0) is 72.8 Å². The maximum absolute atomic E-state index is 12.6. The van der Waals surface area contributed by atoms with Crippen LogP contribution in [0.4, 0.5) is 0 Å². The first-order valence-corrected chi connectivity index (χ1v) is 11.4. The van der Waals surface area contributed by atoms with Gasteiger partial charge in [-0.1, -0.05) is 78.9 Å². The van der Waals surface area contributed by atoms with E-state index in [-0.39, 0.29) is 8.46 Å². The van der Waals surface area contributed by atoms with E-state index in [9.17, 15) is 4.57 Å². The Morgan fingerprint density at radius 2 is 1.31 bits per heavy atom. The van der Waals surface area contributed by atoms with Crippen LogP contribution in [0.5, 0.6) is 5.75 Å². The molecule has 6 rings (SSSR count). The predicted octanol–water partition coefficient (Wildman–Crippen LogP) is 7.84. The van der Waals surface area contributed by atoms with Crippen LogP contribution in [-0.2, 0) is 4.57 Å². The molecule has 6 aromatic carbocycles. The van der Waals surface area contributed by atoms with Gasteiger partial charge in [-0.15, -0.1) is 0 Å². The van der Waals surface area contributed by atoms with Crippen molar-refractivity contribution in [2.24, 2.45) is 0 Å². The SMILES string of the molecule is COc1ccc(-c2ccccc2-c2cc3ccc4cccc5ccc(c2P=O)c3c45)cc1. The van der Waals surface area contributed by atoms with Crippen LogP contribution in [0, 0.1) is 0 Å². The van der Waals surface area contributed by atoms with E-state index in [4.69, 9.17) is 4.74 Å². The molecular formula is C29H19O2P. The van der Waals surface area contributed by atoms with Crippen molar-refractivity contribution in [3.05, 3.63) is 97.1 Å². The molecule has 0 fully saturated rings. The summed E-state index contributed by atoms with van der Waals surface area (Å²) < 4.78 is 17.9. The van der Waals surface area contributed by atoms with Crippen LogP contribution in [0.15, 0.2) is 97.1 Å². The van der Waals surface area contributed by atoms with E-state index in [1.807, 2.05) is 24.3 Å². The molecular weight excluding hydrogens is 411 g/mol. The Morgan fingerprint density at radius 3 is 2.03 bits per heavy atom. The van der Waals surface area contributed by atoms with Crippen molar-refractivity contribution in [2.45, 2.75) is 0 Å². The molecule has 0 radical (unpaired) electrons. The zero-order valence-electron chi connectivity index (χ0n) is 17.5.